The number of anilines is 2. The minimum atomic E-state index is -0.157. The predicted molar refractivity (Wildman–Crippen MR) is 92.5 cm³/mol. The molecule has 1 heterocycles. The number of aromatic nitrogens is 1. The van der Waals surface area contributed by atoms with Crippen LogP contribution in [0.25, 0.3) is 0 Å². The van der Waals surface area contributed by atoms with Crippen LogP contribution in [0.3, 0.4) is 0 Å². The highest BCUT2D eigenvalue weighted by Crippen LogP contribution is 2.19. The second kappa shape index (κ2) is 7.91. The van der Waals surface area contributed by atoms with Gasteiger partial charge in [0.1, 0.15) is 5.69 Å². The summed E-state index contributed by atoms with van der Waals surface area (Å²) in [4.78, 5) is 18.1. The first-order valence-electron chi connectivity index (χ1n) is 6.96. The van der Waals surface area contributed by atoms with Gasteiger partial charge in [0.2, 0.25) is 0 Å². The minimum absolute atomic E-state index is 0.157. The van der Waals surface area contributed by atoms with E-state index in [1.54, 1.807) is 12.3 Å². The van der Waals surface area contributed by atoms with Gasteiger partial charge < -0.3 is 15.5 Å². The number of carbonyl (C=O) groups is 1. The Balaban J connectivity index is 1.93. The van der Waals surface area contributed by atoms with E-state index < -0.39 is 0 Å². The van der Waals surface area contributed by atoms with Crippen LogP contribution in [-0.4, -0.2) is 43.0 Å². The lowest BCUT2D eigenvalue weighted by Crippen LogP contribution is -2.31. The molecule has 0 aliphatic rings. The summed E-state index contributed by atoms with van der Waals surface area (Å²) in [5, 5.41) is 6.08. The Morgan fingerprint density at radius 1 is 1.23 bits per heavy atom. The third-order valence-electron chi connectivity index (χ3n) is 2.95. The van der Waals surface area contributed by atoms with Gasteiger partial charge in [-0.25, -0.2) is 4.98 Å². The van der Waals surface area contributed by atoms with Gasteiger partial charge >= 0.3 is 0 Å². The van der Waals surface area contributed by atoms with E-state index in [9.17, 15) is 4.79 Å². The topological polar surface area (TPSA) is 57.3 Å². The van der Waals surface area contributed by atoms with Crippen LogP contribution in [0.1, 0.15) is 10.5 Å². The maximum atomic E-state index is 11.9. The molecule has 6 heteroatoms. The van der Waals surface area contributed by atoms with E-state index in [1.807, 2.05) is 49.3 Å². The summed E-state index contributed by atoms with van der Waals surface area (Å²) in [6.07, 6.45) is 1.65. The van der Waals surface area contributed by atoms with Crippen molar-refractivity contribution in [1.29, 1.82) is 0 Å². The molecule has 22 heavy (non-hydrogen) atoms. The average molecular weight is 363 g/mol. The van der Waals surface area contributed by atoms with Crippen LogP contribution in [0.15, 0.2) is 47.1 Å². The monoisotopic (exact) mass is 362 g/mol. The van der Waals surface area contributed by atoms with Crippen molar-refractivity contribution in [3.05, 3.63) is 52.8 Å². The van der Waals surface area contributed by atoms with Gasteiger partial charge in [-0.05, 0) is 44.4 Å². The minimum Gasteiger partial charge on any atom is -0.354 e. The zero-order chi connectivity index (χ0) is 15.9. The lowest BCUT2D eigenvalue weighted by atomic mass is 10.3. The van der Waals surface area contributed by atoms with E-state index in [0.29, 0.717) is 12.2 Å². The first kappa shape index (κ1) is 16.5. The van der Waals surface area contributed by atoms with Crippen LogP contribution < -0.4 is 10.6 Å². The smallest absolute Gasteiger partial charge is 0.269 e. The number of rotatable bonds is 6. The van der Waals surface area contributed by atoms with Gasteiger partial charge in [-0.1, -0.05) is 22.0 Å². The summed E-state index contributed by atoms with van der Waals surface area (Å²) in [6.45, 7) is 1.40. The van der Waals surface area contributed by atoms with Gasteiger partial charge in [0.15, 0.2) is 0 Å². The summed E-state index contributed by atoms with van der Waals surface area (Å²) in [5.74, 6) is -0.157. The van der Waals surface area contributed by atoms with Gasteiger partial charge in [0, 0.05) is 23.2 Å². The molecule has 0 aliphatic heterocycles. The van der Waals surface area contributed by atoms with Crippen molar-refractivity contribution < 1.29 is 4.79 Å². The molecule has 0 aliphatic carbocycles. The average Bonchev–Trinajstić information content (AvgIpc) is 2.47. The Morgan fingerprint density at radius 3 is 2.68 bits per heavy atom. The summed E-state index contributed by atoms with van der Waals surface area (Å²) in [6, 6.07) is 11.4. The SMILES string of the molecule is CN(C)CCNC(=O)c1ccc(Nc2cccc(Br)c2)cn1. The molecule has 1 amide bonds. The van der Waals surface area contributed by atoms with Crippen LogP contribution in [0, 0.1) is 0 Å². The van der Waals surface area contributed by atoms with E-state index in [4.69, 9.17) is 0 Å². The van der Waals surface area contributed by atoms with Crippen LogP contribution >= 0.6 is 15.9 Å². The number of benzene rings is 1. The quantitative estimate of drug-likeness (QED) is 0.829. The van der Waals surface area contributed by atoms with Crippen molar-refractivity contribution in [2.45, 2.75) is 0 Å². The largest absolute Gasteiger partial charge is 0.354 e. The van der Waals surface area contributed by atoms with Crippen LogP contribution in [0.2, 0.25) is 0 Å². The number of likely N-dealkylation sites (N-methyl/N-ethyl adjacent to an activating group) is 1. The number of nitrogens with zero attached hydrogens (tertiary/aromatic N) is 2. The van der Waals surface area contributed by atoms with Crippen molar-refractivity contribution in [2.75, 3.05) is 32.5 Å². The zero-order valence-electron chi connectivity index (χ0n) is 12.6. The molecular formula is C16H19BrN4O. The fourth-order valence-electron chi connectivity index (χ4n) is 1.82. The summed E-state index contributed by atoms with van der Waals surface area (Å²) < 4.78 is 1.00. The maximum absolute atomic E-state index is 11.9. The molecule has 2 rings (SSSR count). The van der Waals surface area contributed by atoms with E-state index in [2.05, 4.69) is 31.5 Å². The molecule has 0 radical (unpaired) electrons. The van der Waals surface area contributed by atoms with Crippen LogP contribution in [0.5, 0.6) is 0 Å². The molecule has 0 saturated carbocycles. The zero-order valence-corrected chi connectivity index (χ0v) is 14.2. The number of hydrogen-bond donors (Lipinski definition) is 2. The standard InChI is InChI=1S/C16H19BrN4O/c1-21(2)9-8-18-16(22)15-7-6-14(11-19-15)20-13-5-3-4-12(17)10-13/h3-7,10-11,20H,8-9H2,1-2H3,(H,18,22). The molecule has 5 nitrogen and oxygen atoms in total. The molecule has 2 aromatic rings. The molecule has 2 N–H and O–H groups in total. The van der Waals surface area contributed by atoms with Crippen molar-refractivity contribution >= 4 is 33.2 Å². The number of pyridine rings is 1. The first-order chi connectivity index (χ1) is 10.5. The van der Waals surface area contributed by atoms with Crippen LogP contribution in [0.4, 0.5) is 11.4 Å². The lowest BCUT2D eigenvalue weighted by molar-refractivity contribution is 0.0946. The third kappa shape index (κ3) is 5.13. The normalized spacial score (nSPS) is 10.5. The van der Waals surface area contributed by atoms with Crippen molar-refractivity contribution in [2.24, 2.45) is 0 Å². The number of carbonyl (C=O) groups excluding carboxylic acids is 1. The summed E-state index contributed by atoms with van der Waals surface area (Å²) in [5.41, 5.74) is 2.21. The molecule has 0 fully saturated rings. The molecular weight excluding hydrogens is 344 g/mol. The van der Waals surface area contributed by atoms with Crippen molar-refractivity contribution in [1.82, 2.24) is 15.2 Å². The Hall–Kier alpha value is -1.92. The number of halogens is 1. The highest BCUT2D eigenvalue weighted by molar-refractivity contribution is 9.10. The molecule has 0 bridgehead atoms. The van der Waals surface area contributed by atoms with Gasteiger partial charge in [0.05, 0.1) is 11.9 Å². The lowest BCUT2D eigenvalue weighted by Gasteiger charge is -2.10. The number of hydrogen-bond acceptors (Lipinski definition) is 4. The first-order valence-corrected chi connectivity index (χ1v) is 7.75. The fourth-order valence-corrected chi connectivity index (χ4v) is 2.22. The highest BCUT2D eigenvalue weighted by atomic mass is 79.9. The van der Waals surface area contributed by atoms with Gasteiger partial charge in [-0.15, -0.1) is 0 Å². The molecule has 0 atom stereocenters. The third-order valence-corrected chi connectivity index (χ3v) is 3.45. The molecule has 1 aromatic carbocycles. The molecule has 116 valence electrons. The van der Waals surface area contributed by atoms with E-state index >= 15 is 0 Å². The summed E-state index contributed by atoms with van der Waals surface area (Å²) in [7, 11) is 3.93. The van der Waals surface area contributed by atoms with E-state index in [-0.39, 0.29) is 5.91 Å². The molecule has 0 spiro atoms. The van der Waals surface area contributed by atoms with Gasteiger partial charge in [-0.2, -0.15) is 0 Å². The van der Waals surface area contributed by atoms with Gasteiger partial charge in [-0.3, -0.25) is 4.79 Å². The van der Waals surface area contributed by atoms with Crippen molar-refractivity contribution in [3.63, 3.8) is 0 Å². The second-order valence-corrected chi connectivity index (χ2v) is 6.04. The Labute approximate surface area is 138 Å². The molecule has 0 unspecified atom stereocenters. The van der Waals surface area contributed by atoms with Crippen LogP contribution in [-0.2, 0) is 0 Å². The summed E-state index contributed by atoms with van der Waals surface area (Å²) >= 11 is 3.43. The fraction of sp³-hybridized carbons (Fsp3) is 0.250. The molecule has 0 saturated heterocycles. The number of amides is 1. The molecule has 1 aromatic heterocycles. The number of nitrogens with one attached hydrogen (secondary N) is 2. The second-order valence-electron chi connectivity index (χ2n) is 5.13. The Bertz CT molecular complexity index is 628. The van der Waals surface area contributed by atoms with Crippen molar-refractivity contribution in [3.8, 4) is 0 Å². The predicted octanol–water partition coefficient (Wildman–Crippen LogP) is 2.88. The Kier molecular flexibility index (Phi) is 5.91. The Morgan fingerprint density at radius 2 is 2.05 bits per heavy atom. The van der Waals surface area contributed by atoms with E-state index in [0.717, 1.165) is 22.4 Å². The van der Waals surface area contributed by atoms with Gasteiger partial charge in [0.25, 0.3) is 5.91 Å². The highest BCUT2D eigenvalue weighted by Gasteiger charge is 2.06. The van der Waals surface area contributed by atoms with E-state index in [1.165, 1.54) is 0 Å². The maximum Gasteiger partial charge on any atom is 0.269 e.